The van der Waals surface area contributed by atoms with Crippen LogP contribution in [0.15, 0.2) is 48.5 Å². The lowest BCUT2D eigenvalue weighted by Crippen LogP contribution is -2.45. The Bertz CT molecular complexity index is 773. The van der Waals surface area contributed by atoms with E-state index in [1.54, 1.807) is 6.07 Å². The van der Waals surface area contributed by atoms with Crippen LogP contribution in [0.5, 0.6) is 0 Å². The number of halogens is 1. The van der Waals surface area contributed by atoms with E-state index in [9.17, 15) is 9.18 Å². The minimum absolute atomic E-state index is 0.0111. The van der Waals surface area contributed by atoms with E-state index in [2.05, 4.69) is 34.3 Å². The molecular formula is C23H30FN3O. The van der Waals surface area contributed by atoms with Gasteiger partial charge in [-0.3, -0.25) is 4.79 Å². The van der Waals surface area contributed by atoms with Gasteiger partial charge in [0.2, 0.25) is 5.91 Å². The molecule has 2 aromatic rings. The summed E-state index contributed by atoms with van der Waals surface area (Å²) in [4.78, 5) is 17.0. The van der Waals surface area contributed by atoms with Gasteiger partial charge in [0.25, 0.3) is 0 Å². The normalized spacial score (nSPS) is 16.0. The lowest BCUT2D eigenvalue weighted by molar-refractivity contribution is -0.121. The molecule has 3 rings (SSSR count). The van der Waals surface area contributed by atoms with Gasteiger partial charge in [-0.2, -0.15) is 0 Å². The third-order valence-corrected chi connectivity index (χ3v) is 5.39. The predicted molar refractivity (Wildman–Crippen MR) is 112 cm³/mol. The molecule has 1 N–H and O–H groups in total. The number of likely N-dealkylation sites (N-methyl/N-ethyl adjacent to an activating group) is 1. The minimum Gasteiger partial charge on any atom is -0.369 e. The zero-order valence-electron chi connectivity index (χ0n) is 16.8. The molecule has 0 aliphatic carbocycles. The highest BCUT2D eigenvalue weighted by atomic mass is 19.1. The molecule has 5 heteroatoms. The Morgan fingerprint density at radius 3 is 2.54 bits per heavy atom. The fraction of sp³-hybridized carbons (Fsp3) is 0.435. The summed E-state index contributed by atoms with van der Waals surface area (Å²) in [6.07, 6.45) is 2.16. The number of piperazine rings is 1. The van der Waals surface area contributed by atoms with Crippen molar-refractivity contribution in [3.05, 3.63) is 65.5 Å². The number of rotatable bonds is 7. The number of aryl methyl sites for hydroxylation is 1. The van der Waals surface area contributed by atoms with Gasteiger partial charge >= 0.3 is 0 Å². The van der Waals surface area contributed by atoms with Crippen LogP contribution in [-0.2, 0) is 11.2 Å². The van der Waals surface area contributed by atoms with E-state index in [-0.39, 0.29) is 17.8 Å². The van der Waals surface area contributed by atoms with Crippen LogP contribution >= 0.6 is 0 Å². The van der Waals surface area contributed by atoms with Gasteiger partial charge in [0, 0.05) is 43.9 Å². The van der Waals surface area contributed by atoms with Gasteiger partial charge in [-0.25, -0.2) is 4.39 Å². The first-order chi connectivity index (χ1) is 13.5. The summed E-state index contributed by atoms with van der Waals surface area (Å²) in [6, 6.07) is 14.9. The monoisotopic (exact) mass is 383 g/mol. The number of nitrogens with zero attached hydrogens (tertiary/aromatic N) is 2. The number of amides is 1. The molecule has 28 heavy (non-hydrogen) atoms. The summed E-state index contributed by atoms with van der Waals surface area (Å²) >= 11 is 0. The average Bonchev–Trinajstić information content (AvgIpc) is 2.69. The maximum atomic E-state index is 13.9. The second-order valence-corrected chi connectivity index (χ2v) is 7.62. The molecule has 0 radical (unpaired) electrons. The SMILES string of the molecule is CC(NC(=O)CCCc1ccccc1)c1cc(F)ccc1N1CCN(C)CC1. The maximum absolute atomic E-state index is 13.9. The summed E-state index contributed by atoms with van der Waals surface area (Å²) in [5.41, 5.74) is 3.11. The average molecular weight is 384 g/mol. The van der Waals surface area contributed by atoms with Crippen LogP contribution in [0.25, 0.3) is 0 Å². The van der Waals surface area contributed by atoms with Crippen LogP contribution in [0.2, 0.25) is 0 Å². The number of carbonyl (C=O) groups is 1. The van der Waals surface area contributed by atoms with E-state index >= 15 is 0 Å². The summed E-state index contributed by atoms with van der Waals surface area (Å²) in [5.74, 6) is -0.255. The summed E-state index contributed by atoms with van der Waals surface area (Å²) in [5, 5.41) is 3.06. The molecule has 1 saturated heterocycles. The highest BCUT2D eigenvalue weighted by Gasteiger charge is 2.21. The molecule has 1 fully saturated rings. The van der Waals surface area contributed by atoms with Crippen molar-refractivity contribution in [1.82, 2.24) is 10.2 Å². The Morgan fingerprint density at radius 1 is 1.11 bits per heavy atom. The Hall–Kier alpha value is -2.40. The standard InChI is InChI=1S/C23H30FN3O/c1-18(25-23(28)10-6-9-19-7-4-3-5-8-19)21-17-20(24)11-12-22(21)27-15-13-26(2)14-16-27/h3-5,7-8,11-12,17-18H,6,9-10,13-16H2,1-2H3,(H,25,28). The lowest BCUT2D eigenvalue weighted by Gasteiger charge is -2.36. The fourth-order valence-corrected chi connectivity index (χ4v) is 3.70. The lowest BCUT2D eigenvalue weighted by atomic mass is 10.0. The van der Waals surface area contributed by atoms with Crippen LogP contribution in [0.1, 0.15) is 36.9 Å². The third kappa shape index (κ3) is 5.55. The van der Waals surface area contributed by atoms with Crippen molar-refractivity contribution in [3.8, 4) is 0 Å². The second-order valence-electron chi connectivity index (χ2n) is 7.62. The van der Waals surface area contributed by atoms with E-state index < -0.39 is 0 Å². The van der Waals surface area contributed by atoms with Crippen LogP contribution in [0, 0.1) is 5.82 Å². The topological polar surface area (TPSA) is 35.6 Å². The summed E-state index contributed by atoms with van der Waals surface area (Å²) in [6.45, 7) is 5.72. The first-order valence-corrected chi connectivity index (χ1v) is 10.1. The van der Waals surface area contributed by atoms with E-state index in [0.29, 0.717) is 6.42 Å². The van der Waals surface area contributed by atoms with Crippen molar-refractivity contribution in [3.63, 3.8) is 0 Å². The maximum Gasteiger partial charge on any atom is 0.220 e. The van der Waals surface area contributed by atoms with Crippen molar-refractivity contribution in [1.29, 1.82) is 0 Å². The number of hydrogen-bond acceptors (Lipinski definition) is 3. The molecule has 0 spiro atoms. The predicted octanol–water partition coefficient (Wildman–Crippen LogP) is 3.78. The second kappa shape index (κ2) is 9.69. The van der Waals surface area contributed by atoms with E-state index in [4.69, 9.17) is 0 Å². The quantitative estimate of drug-likeness (QED) is 0.790. The number of nitrogens with one attached hydrogen (secondary N) is 1. The van der Waals surface area contributed by atoms with Crippen LogP contribution in [0.3, 0.4) is 0 Å². The molecule has 4 nitrogen and oxygen atoms in total. The molecule has 0 bridgehead atoms. The highest BCUT2D eigenvalue weighted by molar-refractivity contribution is 5.76. The number of anilines is 1. The first-order valence-electron chi connectivity index (χ1n) is 10.1. The molecule has 150 valence electrons. The molecule has 1 unspecified atom stereocenters. The largest absolute Gasteiger partial charge is 0.369 e. The van der Waals surface area contributed by atoms with Crippen molar-refractivity contribution < 1.29 is 9.18 Å². The molecule has 2 aromatic carbocycles. The van der Waals surface area contributed by atoms with E-state index in [1.807, 2.05) is 31.2 Å². The molecule has 1 aliphatic heterocycles. The van der Waals surface area contributed by atoms with Gasteiger partial charge in [0.1, 0.15) is 5.82 Å². The van der Waals surface area contributed by atoms with Crippen LogP contribution < -0.4 is 10.2 Å². The third-order valence-electron chi connectivity index (χ3n) is 5.39. The van der Waals surface area contributed by atoms with Gasteiger partial charge in [0.05, 0.1) is 6.04 Å². The van der Waals surface area contributed by atoms with Crippen molar-refractivity contribution in [2.24, 2.45) is 0 Å². The number of benzene rings is 2. The Balaban J connectivity index is 1.59. The van der Waals surface area contributed by atoms with Crippen molar-refractivity contribution in [2.45, 2.75) is 32.2 Å². The smallest absolute Gasteiger partial charge is 0.220 e. The molecular weight excluding hydrogens is 353 g/mol. The van der Waals surface area contributed by atoms with Gasteiger partial charge in [-0.15, -0.1) is 0 Å². The molecule has 1 amide bonds. The van der Waals surface area contributed by atoms with Gasteiger partial charge < -0.3 is 15.1 Å². The molecule has 1 aliphatic rings. The van der Waals surface area contributed by atoms with Crippen LogP contribution in [-0.4, -0.2) is 44.0 Å². The summed E-state index contributed by atoms with van der Waals surface area (Å²) < 4.78 is 13.9. The van der Waals surface area contributed by atoms with Gasteiger partial charge in [-0.1, -0.05) is 30.3 Å². The zero-order chi connectivity index (χ0) is 19.9. The van der Waals surface area contributed by atoms with Gasteiger partial charge in [0.15, 0.2) is 0 Å². The Labute approximate surface area is 167 Å². The van der Waals surface area contributed by atoms with Crippen LogP contribution in [0.4, 0.5) is 10.1 Å². The minimum atomic E-state index is -0.266. The number of hydrogen-bond donors (Lipinski definition) is 1. The number of carbonyl (C=O) groups excluding carboxylic acids is 1. The Morgan fingerprint density at radius 2 is 1.82 bits per heavy atom. The molecule has 0 saturated carbocycles. The van der Waals surface area contributed by atoms with Crippen molar-refractivity contribution in [2.75, 3.05) is 38.1 Å². The summed E-state index contributed by atoms with van der Waals surface area (Å²) in [7, 11) is 2.11. The van der Waals surface area contributed by atoms with E-state index in [1.165, 1.54) is 11.6 Å². The zero-order valence-corrected chi connectivity index (χ0v) is 16.8. The van der Waals surface area contributed by atoms with Crippen molar-refractivity contribution >= 4 is 11.6 Å². The molecule has 1 atom stereocenters. The Kier molecular flexibility index (Phi) is 7.04. The van der Waals surface area contributed by atoms with Gasteiger partial charge in [-0.05, 0) is 50.6 Å². The van der Waals surface area contributed by atoms with E-state index in [0.717, 1.165) is 50.3 Å². The first kappa shape index (κ1) is 20.3. The molecule has 0 aromatic heterocycles. The highest BCUT2D eigenvalue weighted by Crippen LogP contribution is 2.28. The molecule has 1 heterocycles. The fourth-order valence-electron chi connectivity index (χ4n) is 3.70.